The van der Waals surface area contributed by atoms with Gasteiger partial charge in [0, 0.05) is 19.1 Å². The number of alkyl halides is 1. The topological polar surface area (TPSA) is 67.9 Å². The Morgan fingerprint density at radius 2 is 1.75 bits per heavy atom. The normalized spacial score (nSPS) is 15.0. The summed E-state index contributed by atoms with van der Waals surface area (Å²) in [6, 6.07) is 7.23. The van der Waals surface area contributed by atoms with Crippen LogP contribution in [0.1, 0.15) is 19.8 Å². The zero-order valence-electron chi connectivity index (χ0n) is 13.8. The summed E-state index contributed by atoms with van der Waals surface area (Å²) in [7, 11) is 0. The van der Waals surface area contributed by atoms with Gasteiger partial charge in [-0.25, -0.2) is 0 Å². The second kappa shape index (κ2) is 9.37. The lowest BCUT2D eigenvalue weighted by atomic mass is 10.1. The van der Waals surface area contributed by atoms with E-state index < -0.39 is 0 Å². The van der Waals surface area contributed by atoms with Gasteiger partial charge in [0.15, 0.2) is 6.61 Å². The van der Waals surface area contributed by atoms with E-state index in [2.05, 4.69) is 5.32 Å². The van der Waals surface area contributed by atoms with E-state index in [0.717, 1.165) is 18.6 Å². The second-order valence-electron chi connectivity index (χ2n) is 5.55. The molecule has 7 heteroatoms. The lowest BCUT2D eigenvalue weighted by molar-refractivity contribution is -0.129. The zero-order valence-corrected chi connectivity index (χ0v) is 14.6. The van der Waals surface area contributed by atoms with E-state index in [-0.39, 0.29) is 30.3 Å². The lowest BCUT2D eigenvalue weighted by Gasteiger charge is -2.32. The molecule has 1 heterocycles. The van der Waals surface area contributed by atoms with Crippen LogP contribution in [0, 0.1) is 0 Å². The summed E-state index contributed by atoms with van der Waals surface area (Å²) >= 11 is 5.55. The molecule has 1 saturated heterocycles. The molecular formula is C17H23ClN2O4. The molecule has 1 aliphatic rings. The number of nitrogens with one attached hydrogen (secondary N) is 1. The molecule has 2 amide bonds. The molecule has 2 rings (SSSR count). The summed E-state index contributed by atoms with van der Waals surface area (Å²) in [5, 5.41) is 2.94. The quantitative estimate of drug-likeness (QED) is 0.758. The molecule has 0 aliphatic carbocycles. The van der Waals surface area contributed by atoms with Crippen molar-refractivity contribution in [1.29, 1.82) is 0 Å². The number of likely N-dealkylation sites (tertiary alicyclic amines) is 1. The first kappa shape index (κ1) is 18.4. The van der Waals surface area contributed by atoms with Gasteiger partial charge in [-0.05, 0) is 44.0 Å². The summed E-state index contributed by atoms with van der Waals surface area (Å²) in [6.07, 6.45) is 1.47. The van der Waals surface area contributed by atoms with E-state index >= 15 is 0 Å². The molecule has 132 valence electrons. The van der Waals surface area contributed by atoms with Gasteiger partial charge >= 0.3 is 0 Å². The highest BCUT2D eigenvalue weighted by Crippen LogP contribution is 2.17. The van der Waals surface area contributed by atoms with E-state index in [4.69, 9.17) is 21.1 Å². The molecule has 0 saturated carbocycles. The average molecular weight is 355 g/mol. The highest BCUT2D eigenvalue weighted by Gasteiger charge is 2.23. The zero-order chi connectivity index (χ0) is 17.4. The van der Waals surface area contributed by atoms with Gasteiger partial charge in [0.2, 0.25) is 5.91 Å². The van der Waals surface area contributed by atoms with Gasteiger partial charge in [-0.15, -0.1) is 11.6 Å². The third-order valence-corrected chi connectivity index (χ3v) is 4.06. The predicted molar refractivity (Wildman–Crippen MR) is 91.6 cm³/mol. The van der Waals surface area contributed by atoms with Crippen LogP contribution < -0.4 is 14.8 Å². The smallest absolute Gasteiger partial charge is 0.258 e. The van der Waals surface area contributed by atoms with Crippen molar-refractivity contribution in [3.05, 3.63) is 24.3 Å². The van der Waals surface area contributed by atoms with Crippen LogP contribution in [0.3, 0.4) is 0 Å². The molecule has 0 unspecified atom stereocenters. The third kappa shape index (κ3) is 5.60. The van der Waals surface area contributed by atoms with Crippen LogP contribution in [0.2, 0.25) is 0 Å². The molecule has 1 fully saturated rings. The van der Waals surface area contributed by atoms with Crippen LogP contribution in [0.25, 0.3) is 0 Å². The van der Waals surface area contributed by atoms with Gasteiger partial charge in [-0.1, -0.05) is 0 Å². The SMILES string of the molecule is CCOc1ccc(OCC(=O)NC2CCN(C(=O)CCl)CC2)cc1. The Bertz CT molecular complexity index is 542. The summed E-state index contributed by atoms with van der Waals surface area (Å²) in [4.78, 5) is 25.2. The van der Waals surface area contributed by atoms with Crippen molar-refractivity contribution in [2.24, 2.45) is 0 Å². The van der Waals surface area contributed by atoms with E-state index in [0.29, 0.717) is 25.4 Å². The Labute approximate surface area is 147 Å². The fourth-order valence-corrected chi connectivity index (χ4v) is 2.74. The number of ether oxygens (including phenoxy) is 2. The molecule has 1 aromatic carbocycles. The van der Waals surface area contributed by atoms with Crippen LogP contribution in [-0.2, 0) is 9.59 Å². The number of halogens is 1. The van der Waals surface area contributed by atoms with Crippen molar-refractivity contribution in [3.8, 4) is 11.5 Å². The first-order chi connectivity index (χ1) is 11.6. The van der Waals surface area contributed by atoms with Crippen LogP contribution in [-0.4, -0.2) is 54.9 Å². The minimum Gasteiger partial charge on any atom is -0.494 e. The van der Waals surface area contributed by atoms with Gasteiger partial charge in [0.05, 0.1) is 6.61 Å². The van der Waals surface area contributed by atoms with Crippen molar-refractivity contribution in [2.75, 3.05) is 32.2 Å². The standard InChI is InChI=1S/C17H23ClN2O4/c1-2-23-14-3-5-15(6-4-14)24-12-16(21)19-13-7-9-20(10-8-13)17(22)11-18/h3-6,13H,2,7-12H2,1H3,(H,19,21). The number of benzene rings is 1. The monoisotopic (exact) mass is 354 g/mol. The van der Waals surface area contributed by atoms with Crippen molar-refractivity contribution in [1.82, 2.24) is 10.2 Å². The number of nitrogens with zero attached hydrogens (tertiary/aromatic N) is 1. The molecule has 1 N–H and O–H groups in total. The highest BCUT2D eigenvalue weighted by molar-refractivity contribution is 6.27. The van der Waals surface area contributed by atoms with Gasteiger partial charge in [0.25, 0.3) is 5.91 Å². The second-order valence-corrected chi connectivity index (χ2v) is 5.82. The minimum atomic E-state index is -0.161. The van der Waals surface area contributed by atoms with Gasteiger partial charge in [-0.2, -0.15) is 0 Å². The van der Waals surface area contributed by atoms with Crippen LogP contribution in [0.15, 0.2) is 24.3 Å². The predicted octanol–water partition coefficient (Wildman–Crippen LogP) is 1.81. The third-order valence-electron chi connectivity index (χ3n) is 3.83. The summed E-state index contributed by atoms with van der Waals surface area (Å²) in [5.41, 5.74) is 0. The first-order valence-corrected chi connectivity index (χ1v) is 8.64. The molecule has 1 aliphatic heterocycles. The summed E-state index contributed by atoms with van der Waals surface area (Å²) < 4.78 is 10.8. The summed E-state index contributed by atoms with van der Waals surface area (Å²) in [5.74, 6) is 1.18. The number of rotatable bonds is 7. The van der Waals surface area contributed by atoms with Gasteiger partial charge in [-0.3, -0.25) is 9.59 Å². The maximum Gasteiger partial charge on any atom is 0.258 e. The van der Waals surface area contributed by atoms with Crippen molar-refractivity contribution >= 4 is 23.4 Å². The molecule has 0 aromatic heterocycles. The van der Waals surface area contributed by atoms with E-state index in [9.17, 15) is 9.59 Å². The number of carbonyl (C=O) groups excluding carboxylic acids is 2. The van der Waals surface area contributed by atoms with Crippen molar-refractivity contribution in [2.45, 2.75) is 25.8 Å². The number of hydrogen-bond donors (Lipinski definition) is 1. The molecule has 0 bridgehead atoms. The Kier molecular flexibility index (Phi) is 7.18. The van der Waals surface area contributed by atoms with Gasteiger partial charge in [0.1, 0.15) is 17.4 Å². The maximum absolute atomic E-state index is 12.0. The average Bonchev–Trinajstić information content (AvgIpc) is 2.61. The first-order valence-electron chi connectivity index (χ1n) is 8.11. The molecule has 1 aromatic rings. The molecule has 6 nitrogen and oxygen atoms in total. The Balaban J connectivity index is 1.69. The Morgan fingerprint density at radius 3 is 2.29 bits per heavy atom. The number of amides is 2. The molecule has 0 spiro atoms. The van der Waals surface area contributed by atoms with Crippen LogP contribution >= 0.6 is 11.6 Å². The van der Waals surface area contributed by atoms with Crippen molar-refractivity contribution < 1.29 is 19.1 Å². The van der Waals surface area contributed by atoms with E-state index in [1.54, 1.807) is 29.2 Å². The number of piperidine rings is 1. The van der Waals surface area contributed by atoms with Gasteiger partial charge < -0.3 is 19.7 Å². The molecule has 0 radical (unpaired) electrons. The lowest BCUT2D eigenvalue weighted by Crippen LogP contribution is -2.47. The molecule has 24 heavy (non-hydrogen) atoms. The van der Waals surface area contributed by atoms with Crippen molar-refractivity contribution in [3.63, 3.8) is 0 Å². The summed E-state index contributed by atoms with van der Waals surface area (Å²) in [6.45, 7) is 3.74. The highest BCUT2D eigenvalue weighted by atomic mass is 35.5. The fraction of sp³-hybridized carbons (Fsp3) is 0.529. The van der Waals surface area contributed by atoms with E-state index in [1.807, 2.05) is 6.92 Å². The maximum atomic E-state index is 12.0. The minimum absolute atomic E-state index is 0.00690. The number of carbonyl (C=O) groups is 2. The Morgan fingerprint density at radius 1 is 1.17 bits per heavy atom. The largest absolute Gasteiger partial charge is 0.494 e. The molecule has 0 atom stereocenters. The number of hydrogen-bond acceptors (Lipinski definition) is 4. The van der Waals surface area contributed by atoms with Crippen LogP contribution in [0.4, 0.5) is 0 Å². The van der Waals surface area contributed by atoms with Crippen LogP contribution in [0.5, 0.6) is 11.5 Å². The van der Waals surface area contributed by atoms with E-state index in [1.165, 1.54) is 0 Å². The Hall–Kier alpha value is -1.95. The molecular weight excluding hydrogens is 332 g/mol. The fourth-order valence-electron chi connectivity index (χ4n) is 2.57.